The number of ether oxygens (including phenoxy) is 4. The standard InChI is InChI=1S/2C28H39N3O3.2C27H38N4O3/c1-27-10-7-21-20-8-11-28(33,17-34-2)13-18(20)3-4-22(21)23(27)5-6-24(27)26(32)16-31-15-19-9-12-29-14-25(19)30-31;1-27-10-7-21-20-8-11-28(33,17-34-2)13-18(20)3-4-22(21)23(27)5-6-24(27)26(32)16-31-25-15-29-12-9-19(25)14-30-31;1-26-10-7-19-18-8-11-27(33,16-34-2)13-17(18)3-4-20(19)21(26)5-6-22(26)25(32)15-31-24-9-12-28-14-23(24)29-30-31;1-26-10-7-19-18-8-11-27(33,16-34-2)13-17(18)3-4-20(19)21(26)5-6-22(26)25(32)15-31-29-23-9-12-28-14-24(23)30-31/h2*9,12,14-15,18,20-24,33H,3-8,10-11,13,16-17H2,1-2H3;2*9,12,14,17-22,33H,3-8,10-11,13,15-16H2,1-2H3/t2*18-,20-,21+,22+,23-,24+,27-,28+;2*17-,18-,19+,20+,21-,22+,26-,27+/m0000/s1. The van der Waals surface area contributed by atoms with Crippen molar-refractivity contribution in [3.63, 3.8) is 0 Å². The highest BCUT2D eigenvalue weighted by atomic mass is 16.5. The number of carbonyl (C=O) groups excluding carboxylic acids is 4. The average molecular weight is 1860 g/mol. The van der Waals surface area contributed by atoms with E-state index in [2.05, 4.69) is 78.3 Å². The highest BCUT2D eigenvalue weighted by Gasteiger charge is 2.65. The fourth-order valence-electron chi connectivity index (χ4n) is 36.5. The molecule has 32 atom stereocenters. The van der Waals surface area contributed by atoms with E-state index < -0.39 is 22.4 Å². The molecule has 8 aromatic heterocycles. The number of hydrogen-bond acceptors (Lipinski definition) is 22. The Balaban J connectivity index is 0.000000108. The summed E-state index contributed by atoms with van der Waals surface area (Å²) >= 11 is 0. The normalized spacial score (nSPS) is 41.6. The first-order valence-electron chi connectivity index (χ1n) is 53.4. The molecule has 136 heavy (non-hydrogen) atoms. The van der Waals surface area contributed by atoms with Crippen molar-refractivity contribution in [2.45, 2.75) is 307 Å². The van der Waals surface area contributed by atoms with Crippen molar-refractivity contribution < 1.29 is 58.6 Å². The van der Waals surface area contributed by atoms with Crippen molar-refractivity contribution in [2.24, 2.45) is 164 Å². The molecule has 0 aliphatic heterocycles. The Labute approximate surface area is 802 Å². The zero-order valence-electron chi connectivity index (χ0n) is 82.4. The Kier molecular flexibility index (Phi) is 26.4. The van der Waals surface area contributed by atoms with Crippen LogP contribution in [0.4, 0.5) is 0 Å². The molecule has 4 N–H and O–H groups in total. The lowest BCUT2D eigenvalue weighted by atomic mass is 9.49. The molecule has 8 aromatic rings. The second kappa shape index (κ2) is 37.9. The fraction of sp³-hybridized carbons (Fsp3) is 0.764. The van der Waals surface area contributed by atoms with Gasteiger partial charge in [-0.15, -0.1) is 5.10 Å². The van der Waals surface area contributed by atoms with Gasteiger partial charge in [-0.1, -0.05) is 32.9 Å². The van der Waals surface area contributed by atoms with Crippen LogP contribution >= 0.6 is 0 Å². The molecule has 24 rings (SSSR count). The minimum atomic E-state index is -0.627. The van der Waals surface area contributed by atoms with E-state index in [1.54, 1.807) is 81.3 Å². The topological polar surface area (TPSA) is 335 Å². The van der Waals surface area contributed by atoms with Gasteiger partial charge in [-0.25, -0.2) is 4.68 Å². The fourth-order valence-corrected chi connectivity index (χ4v) is 36.5. The molecule has 16 aliphatic rings. The molecule has 26 nitrogen and oxygen atoms in total. The Hall–Kier alpha value is -7.30. The Morgan fingerprint density at radius 3 is 1.10 bits per heavy atom. The first-order chi connectivity index (χ1) is 65.6. The number of hydrogen-bond donors (Lipinski definition) is 4. The van der Waals surface area contributed by atoms with Gasteiger partial charge in [-0.3, -0.25) is 48.5 Å². The van der Waals surface area contributed by atoms with Gasteiger partial charge in [0.15, 0.2) is 23.1 Å². The van der Waals surface area contributed by atoms with Crippen LogP contribution in [0, 0.1) is 164 Å². The number of aromatic nitrogens is 14. The van der Waals surface area contributed by atoms with Crippen molar-refractivity contribution >= 4 is 67.0 Å². The van der Waals surface area contributed by atoms with E-state index in [0.717, 1.165) is 230 Å². The lowest BCUT2D eigenvalue weighted by Crippen LogP contribution is -2.52. The first kappa shape index (κ1) is 94.9. The number of methoxy groups -OCH3 is 4. The maximum absolute atomic E-state index is 13.6. The molecule has 16 aliphatic carbocycles. The lowest BCUT2D eigenvalue weighted by Gasteiger charge is -2.57. The smallest absolute Gasteiger partial charge is 0.159 e. The minimum Gasteiger partial charge on any atom is -0.387 e. The van der Waals surface area contributed by atoms with Gasteiger partial charge in [0.25, 0.3) is 0 Å². The zero-order valence-corrected chi connectivity index (χ0v) is 82.4. The van der Waals surface area contributed by atoms with Crippen LogP contribution < -0.4 is 0 Å². The van der Waals surface area contributed by atoms with Crippen LogP contribution in [0.5, 0.6) is 0 Å². The van der Waals surface area contributed by atoms with Crippen LogP contribution in [-0.4, -0.2) is 190 Å². The molecular weight excluding hydrogens is 1710 g/mol. The highest BCUT2D eigenvalue weighted by molar-refractivity contribution is 5.87. The number of aliphatic hydroxyl groups is 4. The van der Waals surface area contributed by atoms with Gasteiger partial charge < -0.3 is 39.4 Å². The summed E-state index contributed by atoms with van der Waals surface area (Å²) in [5.74, 6) is 16.1. The third-order valence-corrected chi connectivity index (χ3v) is 42.2. The molecule has 0 bridgehead atoms. The SMILES string of the molecule is COC[C@@]1(O)CC[C@H]2[C@@H](CC[C@@H]3[C@@H]2CC[C@]2(C)[C@@H](C(=O)Cn4cc5ccncc5n4)CC[C@@H]32)C1.COC[C@@]1(O)CC[C@H]2[C@@H](CC[C@@H]3[C@@H]2CC[C@]2(C)[C@@H](C(=O)Cn4nc5ccncc5n4)CC[C@@H]32)C1.COC[C@@]1(O)CC[C@H]2[C@@H](CC[C@@H]3[C@@H]2CC[C@]2(C)[C@@H](C(=O)Cn4ncc5ccncc54)CC[C@@H]32)C1.COC[C@@]1(O)CC[C@H]2[C@@H](CC[C@@H]3[C@@H]2CC[C@]2(C)[C@@H](C(=O)Cn4nnc5cnccc54)CC[C@@H]32)C1. The molecule has 0 radical (unpaired) electrons. The van der Waals surface area contributed by atoms with E-state index in [1.165, 1.54) is 116 Å². The molecular formula is C110H154N14O12. The van der Waals surface area contributed by atoms with E-state index in [1.807, 2.05) is 52.2 Å². The first-order valence-corrected chi connectivity index (χ1v) is 53.4. The molecule has 0 aromatic carbocycles. The Morgan fingerprint density at radius 1 is 0.331 bits per heavy atom. The second-order valence-electron chi connectivity index (χ2n) is 48.6. The number of fused-ring (bicyclic) bond motifs is 24. The summed E-state index contributed by atoms with van der Waals surface area (Å²) in [6.07, 6.45) is 57.9. The Morgan fingerprint density at radius 2 is 0.684 bits per heavy atom. The van der Waals surface area contributed by atoms with Gasteiger partial charge in [-0.2, -0.15) is 25.2 Å². The maximum atomic E-state index is 13.6. The van der Waals surface area contributed by atoms with Crippen LogP contribution in [-0.2, 0) is 64.3 Å². The van der Waals surface area contributed by atoms with Crippen molar-refractivity contribution in [2.75, 3.05) is 54.9 Å². The van der Waals surface area contributed by atoms with Gasteiger partial charge in [-0.05, 0) is 395 Å². The van der Waals surface area contributed by atoms with Gasteiger partial charge in [0, 0.05) is 93.9 Å². The quantitative estimate of drug-likeness (QED) is 0.0551. The van der Waals surface area contributed by atoms with Crippen molar-refractivity contribution in [3.05, 3.63) is 86.2 Å². The number of carbonyl (C=O) groups is 4. The molecule has 0 unspecified atom stereocenters. The summed E-state index contributed by atoms with van der Waals surface area (Å²) < 4.78 is 26.8. The maximum Gasteiger partial charge on any atom is 0.159 e. The van der Waals surface area contributed by atoms with Gasteiger partial charge in [0.1, 0.15) is 41.7 Å². The Bertz CT molecular complexity index is 5200. The molecule has 0 spiro atoms. The molecule has 0 amide bonds. The van der Waals surface area contributed by atoms with E-state index in [9.17, 15) is 39.6 Å². The third-order valence-electron chi connectivity index (χ3n) is 42.2. The van der Waals surface area contributed by atoms with Crippen LogP contribution in [0.15, 0.2) is 86.2 Å². The summed E-state index contributed by atoms with van der Waals surface area (Å²) in [4.78, 5) is 72.5. The van der Waals surface area contributed by atoms with Gasteiger partial charge >= 0.3 is 0 Å². The van der Waals surface area contributed by atoms with Crippen molar-refractivity contribution in [3.8, 4) is 0 Å². The summed E-state index contributed by atoms with van der Waals surface area (Å²) in [5.41, 5.74) is 2.93. The van der Waals surface area contributed by atoms with E-state index in [4.69, 9.17) is 18.9 Å². The number of Topliss-reactive ketones (excluding diaryl/α,β-unsaturated/α-hetero) is 4. The van der Waals surface area contributed by atoms with Crippen molar-refractivity contribution in [1.29, 1.82) is 0 Å². The van der Waals surface area contributed by atoms with E-state index in [-0.39, 0.29) is 51.9 Å². The summed E-state index contributed by atoms with van der Waals surface area (Å²) in [6.45, 7) is 12.8. The number of ketones is 4. The van der Waals surface area contributed by atoms with E-state index in [0.29, 0.717) is 117 Å². The van der Waals surface area contributed by atoms with E-state index >= 15 is 0 Å². The monoisotopic (exact) mass is 1860 g/mol. The highest BCUT2D eigenvalue weighted by Crippen LogP contribution is 2.70. The zero-order chi connectivity index (χ0) is 94.0. The number of rotatable bonds is 20. The van der Waals surface area contributed by atoms with Crippen LogP contribution in [0.2, 0.25) is 0 Å². The van der Waals surface area contributed by atoms with Crippen LogP contribution in [0.1, 0.15) is 259 Å². The van der Waals surface area contributed by atoms with Crippen molar-refractivity contribution in [1.82, 2.24) is 69.5 Å². The van der Waals surface area contributed by atoms with Crippen LogP contribution in [0.3, 0.4) is 0 Å². The largest absolute Gasteiger partial charge is 0.387 e. The van der Waals surface area contributed by atoms with Crippen LogP contribution in [0.25, 0.3) is 43.9 Å². The summed E-state index contributed by atoms with van der Waals surface area (Å²) in [5, 5.41) is 72.5. The number of pyridine rings is 4. The molecule has 16 saturated carbocycles. The summed E-state index contributed by atoms with van der Waals surface area (Å²) in [7, 11) is 6.80. The molecule has 16 fully saturated rings. The third kappa shape index (κ3) is 17.5. The van der Waals surface area contributed by atoms with Gasteiger partial charge in [0.2, 0.25) is 0 Å². The predicted molar refractivity (Wildman–Crippen MR) is 515 cm³/mol. The molecule has 8 heterocycles. The van der Waals surface area contributed by atoms with Gasteiger partial charge in [0.05, 0.1) is 97.4 Å². The predicted octanol–water partition coefficient (Wildman–Crippen LogP) is 17.4. The second-order valence-corrected chi connectivity index (χ2v) is 48.6. The average Bonchev–Trinajstić information content (AvgIpc) is 1.65. The molecule has 0 saturated heterocycles. The molecule has 736 valence electrons. The minimum absolute atomic E-state index is 0.102. The summed E-state index contributed by atoms with van der Waals surface area (Å²) in [6, 6.07) is 7.64. The number of nitrogens with zero attached hydrogens (tertiary/aromatic N) is 14. The lowest BCUT2D eigenvalue weighted by molar-refractivity contribution is -0.137. The molecule has 26 heteroatoms.